The molecule has 2 nitrogen and oxygen atoms in total. The quantitative estimate of drug-likeness (QED) is 0.582. The maximum absolute atomic E-state index is 4.03. The third-order valence-electron chi connectivity index (χ3n) is 1.87. The molecular formula is C9H21N2. The highest BCUT2D eigenvalue weighted by Gasteiger charge is 2.02. The van der Waals surface area contributed by atoms with Crippen molar-refractivity contribution in [2.75, 3.05) is 27.2 Å². The van der Waals surface area contributed by atoms with Crippen LogP contribution in [-0.2, 0) is 0 Å². The zero-order chi connectivity index (χ0) is 8.69. The minimum Gasteiger partial charge on any atom is -0.317 e. The Kier molecular flexibility index (Phi) is 6.57. The number of nitrogens with zero attached hydrogens (tertiary/aromatic N) is 1. The second-order valence-corrected chi connectivity index (χ2v) is 3.11. The monoisotopic (exact) mass is 157 g/mol. The summed E-state index contributed by atoms with van der Waals surface area (Å²) in [6, 6.07) is 0.466. The second kappa shape index (κ2) is 6.62. The first-order chi connectivity index (χ1) is 5.18. The highest BCUT2D eigenvalue weighted by molar-refractivity contribution is 4.68. The van der Waals surface area contributed by atoms with Gasteiger partial charge in [-0.05, 0) is 47.0 Å². The fraction of sp³-hybridized carbons (Fsp3) is 0.889. The van der Waals surface area contributed by atoms with Gasteiger partial charge in [0.25, 0.3) is 0 Å². The summed E-state index contributed by atoms with van der Waals surface area (Å²) in [6.45, 7) is 8.36. The summed E-state index contributed by atoms with van der Waals surface area (Å²) in [7, 11) is 4.15. The molecule has 0 spiro atoms. The van der Waals surface area contributed by atoms with Crippen molar-refractivity contribution in [3.05, 3.63) is 6.92 Å². The average molecular weight is 157 g/mol. The lowest BCUT2D eigenvalue weighted by molar-refractivity contribution is 0.319. The van der Waals surface area contributed by atoms with Crippen molar-refractivity contribution in [1.29, 1.82) is 0 Å². The van der Waals surface area contributed by atoms with E-state index in [1.807, 2.05) is 0 Å². The Morgan fingerprint density at radius 2 is 2.09 bits per heavy atom. The number of nitrogens with one attached hydrogen (secondary N) is 1. The first-order valence-electron chi connectivity index (χ1n) is 4.38. The van der Waals surface area contributed by atoms with Gasteiger partial charge in [0.1, 0.15) is 0 Å². The minimum absolute atomic E-state index is 0.466. The van der Waals surface area contributed by atoms with Crippen LogP contribution in [0.1, 0.15) is 19.8 Å². The van der Waals surface area contributed by atoms with Gasteiger partial charge in [0.05, 0.1) is 0 Å². The molecule has 0 bridgehead atoms. The molecule has 0 aliphatic carbocycles. The van der Waals surface area contributed by atoms with Crippen LogP contribution in [0.2, 0.25) is 0 Å². The van der Waals surface area contributed by atoms with Crippen molar-refractivity contribution in [3.8, 4) is 0 Å². The molecule has 11 heavy (non-hydrogen) atoms. The Hall–Kier alpha value is -0.0800. The van der Waals surface area contributed by atoms with Gasteiger partial charge in [-0.2, -0.15) is 0 Å². The van der Waals surface area contributed by atoms with Crippen molar-refractivity contribution < 1.29 is 0 Å². The van der Waals surface area contributed by atoms with E-state index in [0.717, 1.165) is 13.1 Å². The molecule has 1 radical (unpaired) electrons. The average Bonchev–Trinajstić information content (AvgIpc) is 1.97. The highest BCUT2D eigenvalue weighted by Crippen LogP contribution is 1.99. The van der Waals surface area contributed by atoms with E-state index in [1.54, 1.807) is 0 Å². The fourth-order valence-electron chi connectivity index (χ4n) is 0.898. The van der Waals surface area contributed by atoms with Crippen LogP contribution < -0.4 is 5.32 Å². The van der Waals surface area contributed by atoms with E-state index in [-0.39, 0.29) is 0 Å². The number of rotatable bonds is 6. The Balaban J connectivity index is 3.10. The molecule has 0 saturated heterocycles. The third kappa shape index (κ3) is 6.32. The largest absolute Gasteiger partial charge is 0.317 e. The summed E-state index contributed by atoms with van der Waals surface area (Å²) in [6.07, 6.45) is 2.40. The summed E-state index contributed by atoms with van der Waals surface area (Å²) in [5, 5.41) is 3.30. The van der Waals surface area contributed by atoms with Crippen LogP contribution in [0.4, 0.5) is 0 Å². The molecule has 2 heteroatoms. The van der Waals surface area contributed by atoms with E-state index < -0.39 is 0 Å². The van der Waals surface area contributed by atoms with Gasteiger partial charge >= 0.3 is 0 Å². The second-order valence-electron chi connectivity index (χ2n) is 3.11. The molecular weight excluding hydrogens is 136 g/mol. The van der Waals surface area contributed by atoms with Gasteiger partial charge in [-0.3, -0.25) is 0 Å². The Labute approximate surface area is 71.0 Å². The van der Waals surface area contributed by atoms with Crippen molar-refractivity contribution in [3.63, 3.8) is 0 Å². The summed E-state index contributed by atoms with van der Waals surface area (Å²) in [5.41, 5.74) is 0. The molecule has 0 aromatic carbocycles. The zero-order valence-electron chi connectivity index (χ0n) is 8.06. The molecule has 67 valence electrons. The lowest BCUT2D eigenvalue weighted by atomic mass is 10.2. The Morgan fingerprint density at radius 3 is 2.55 bits per heavy atom. The SMILES string of the molecule is [CH2]C(CCCNCC)N(C)C. The van der Waals surface area contributed by atoms with Gasteiger partial charge in [0, 0.05) is 6.04 Å². The predicted molar refractivity (Wildman–Crippen MR) is 50.6 cm³/mol. The zero-order valence-corrected chi connectivity index (χ0v) is 8.06. The predicted octanol–water partition coefficient (Wildman–Crippen LogP) is 1.14. The van der Waals surface area contributed by atoms with Crippen LogP contribution in [0, 0.1) is 6.92 Å². The smallest absolute Gasteiger partial charge is 0.00902 e. The molecule has 0 rings (SSSR count). The molecule has 0 aliphatic rings. The fourth-order valence-corrected chi connectivity index (χ4v) is 0.898. The van der Waals surface area contributed by atoms with E-state index in [2.05, 4.69) is 38.2 Å². The van der Waals surface area contributed by atoms with E-state index in [9.17, 15) is 0 Å². The van der Waals surface area contributed by atoms with Crippen LogP contribution in [0.15, 0.2) is 0 Å². The number of hydrogen-bond acceptors (Lipinski definition) is 2. The van der Waals surface area contributed by atoms with Crippen molar-refractivity contribution >= 4 is 0 Å². The molecule has 0 aromatic rings. The minimum atomic E-state index is 0.466. The van der Waals surface area contributed by atoms with Gasteiger partial charge in [-0.25, -0.2) is 0 Å². The van der Waals surface area contributed by atoms with E-state index in [1.165, 1.54) is 12.8 Å². The first kappa shape index (κ1) is 10.9. The summed E-state index contributed by atoms with van der Waals surface area (Å²) in [5.74, 6) is 0. The number of hydrogen-bond donors (Lipinski definition) is 1. The highest BCUT2D eigenvalue weighted by atomic mass is 15.1. The third-order valence-corrected chi connectivity index (χ3v) is 1.87. The van der Waals surface area contributed by atoms with Gasteiger partial charge < -0.3 is 10.2 Å². The molecule has 0 saturated carbocycles. The first-order valence-corrected chi connectivity index (χ1v) is 4.38. The van der Waals surface area contributed by atoms with Crippen molar-refractivity contribution in [2.24, 2.45) is 0 Å². The molecule has 1 unspecified atom stereocenters. The summed E-state index contributed by atoms with van der Waals surface area (Å²) >= 11 is 0. The summed E-state index contributed by atoms with van der Waals surface area (Å²) < 4.78 is 0. The van der Waals surface area contributed by atoms with Gasteiger partial charge in [0.2, 0.25) is 0 Å². The molecule has 0 aromatic heterocycles. The Bertz CT molecular complexity index is 81.6. The van der Waals surface area contributed by atoms with Gasteiger partial charge in [-0.15, -0.1) is 0 Å². The van der Waals surface area contributed by atoms with Gasteiger partial charge in [0.15, 0.2) is 0 Å². The molecule has 1 atom stereocenters. The summed E-state index contributed by atoms with van der Waals surface area (Å²) in [4.78, 5) is 2.16. The molecule has 0 heterocycles. The maximum Gasteiger partial charge on any atom is 0.00902 e. The van der Waals surface area contributed by atoms with E-state index >= 15 is 0 Å². The van der Waals surface area contributed by atoms with Crippen molar-refractivity contribution in [1.82, 2.24) is 10.2 Å². The van der Waals surface area contributed by atoms with Crippen LogP contribution in [0.5, 0.6) is 0 Å². The Morgan fingerprint density at radius 1 is 1.45 bits per heavy atom. The standard InChI is InChI=1S/C9H21N2/c1-5-10-8-6-7-9(2)11(3)4/h9-10H,2,5-8H2,1,3-4H3. The molecule has 0 amide bonds. The van der Waals surface area contributed by atoms with E-state index in [4.69, 9.17) is 0 Å². The molecule has 1 N–H and O–H groups in total. The van der Waals surface area contributed by atoms with Crippen LogP contribution in [0.25, 0.3) is 0 Å². The van der Waals surface area contributed by atoms with E-state index in [0.29, 0.717) is 6.04 Å². The van der Waals surface area contributed by atoms with Crippen LogP contribution in [0.3, 0.4) is 0 Å². The molecule has 0 aliphatic heterocycles. The molecule has 0 fully saturated rings. The lowest BCUT2D eigenvalue weighted by Crippen LogP contribution is -2.26. The van der Waals surface area contributed by atoms with Gasteiger partial charge in [-0.1, -0.05) is 6.92 Å². The van der Waals surface area contributed by atoms with Crippen LogP contribution in [-0.4, -0.2) is 38.1 Å². The van der Waals surface area contributed by atoms with Crippen molar-refractivity contribution in [2.45, 2.75) is 25.8 Å². The van der Waals surface area contributed by atoms with Crippen LogP contribution >= 0.6 is 0 Å². The lowest BCUT2D eigenvalue weighted by Gasteiger charge is -2.19. The normalized spacial score (nSPS) is 13.9. The maximum atomic E-state index is 4.03. The topological polar surface area (TPSA) is 15.3 Å².